The highest BCUT2D eigenvalue weighted by Gasteiger charge is 2.13. The second-order valence-electron chi connectivity index (χ2n) is 5.30. The number of rotatable bonds is 4. The molecule has 0 aliphatic heterocycles. The number of aryl methyl sites for hydroxylation is 1. The van der Waals surface area contributed by atoms with Crippen molar-refractivity contribution in [2.45, 2.75) is 13.5 Å². The van der Waals surface area contributed by atoms with E-state index in [0.29, 0.717) is 11.6 Å². The van der Waals surface area contributed by atoms with Crippen LogP contribution < -0.4 is 10.5 Å². The molecule has 118 valence electrons. The third-order valence-electron chi connectivity index (χ3n) is 3.72. The van der Waals surface area contributed by atoms with Gasteiger partial charge < -0.3 is 10.5 Å². The van der Waals surface area contributed by atoms with Gasteiger partial charge in [0.05, 0.1) is 24.2 Å². The van der Waals surface area contributed by atoms with Crippen LogP contribution in [0.4, 0.5) is 0 Å². The van der Waals surface area contributed by atoms with Gasteiger partial charge in [-0.05, 0) is 48.9 Å². The molecule has 3 aromatic rings. The van der Waals surface area contributed by atoms with E-state index in [-0.39, 0.29) is 0 Å². The van der Waals surface area contributed by atoms with Crippen molar-refractivity contribution in [2.24, 2.45) is 5.73 Å². The van der Waals surface area contributed by atoms with Crippen molar-refractivity contribution in [1.29, 1.82) is 0 Å². The van der Waals surface area contributed by atoms with Gasteiger partial charge in [-0.1, -0.05) is 23.7 Å². The smallest absolute Gasteiger partial charge is 0.119 e. The van der Waals surface area contributed by atoms with Crippen molar-refractivity contribution in [1.82, 2.24) is 9.78 Å². The second kappa shape index (κ2) is 6.44. The lowest BCUT2D eigenvalue weighted by molar-refractivity contribution is 0.415. The minimum Gasteiger partial charge on any atom is -0.497 e. The van der Waals surface area contributed by atoms with Crippen LogP contribution in [-0.4, -0.2) is 16.9 Å². The SMILES string of the molecule is COc1cccc(-c2cc(CN)nn2-c2ccc(Cl)cc2C)c1. The van der Waals surface area contributed by atoms with Gasteiger partial charge in [0.2, 0.25) is 0 Å². The van der Waals surface area contributed by atoms with Gasteiger partial charge in [0, 0.05) is 17.1 Å². The summed E-state index contributed by atoms with van der Waals surface area (Å²) in [5.41, 5.74) is 10.6. The van der Waals surface area contributed by atoms with E-state index in [2.05, 4.69) is 5.10 Å². The van der Waals surface area contributed by atoms with Crippen LogP contribution in [0.5, 0.6) is 5.75 Å². The summed E-state index contributed by atoms with van der Waals surface area (Å²) in [6.07, 6.45) is 0. The van der Waals surface area contributed by atoms with E-state index in [1.807, 2.05) is 60.1 Å². The number of nitrogens with zero attached hydrogens (tertiary/aromatic N) is 2. The fraction of sp³-hybridized carbons (Fsp3) is 0.167. The lowest BCUT2D eigenvalue weighted by atomic mass is 10.1. The molecular formula is C18H18ClN3O. The Bertz CT molecular complexity index is 842. The normalized spacial score (nSPS) is 10.8. The zero-order valence-electron chi connectivity index (χ0n) is 13.1. The number of halogens is 1. The molecule has 0 fully saturated rings. The third kappa shape index (κ3) is 3.09. The molecule has 0 saturated heterocycles. The molecule has 1 heterocycles. The Morgan fingerprint density at radius 3 is 2.70 bits per heavy atom. The maximum absolute atomic E-state index is 6.07. The fourth-order valence-corrected chi connectivity index (χ4v) is 2.78. The van der Waals surface area contributed by atoms with E-state index in [0.717, 1.165) is 34.0 Å². The zero-order valence-corrected chi connectivity index (χ0v) is 13.8. The molecule has 0 atom stereocenters. The number of ether oxygens (including phenoxy) is 1. The highest BCUT2D eigenvalue weighted by molar-refractivity contribution is 6.30. The van der Waals surface area contributed by atoms with Gasteiger partial charge in [-0.3, -0.25) is 0 Å². The first-order valence-corrected chi connectivity index (χ1v) is 7.70. The molecule has 0 spiro atoms. The first kappa shape index (κ1) is 15.6. The lowest BCUT2D eigenvalue weighted by Crippen LogP contribution is -2.03. The van der Waals surface area contributed by atoms with Crippen molar-refractivity contribution < 1.29 is 4.74 Å². The van der Waals surface area contributed by atoms with Gasteiger partial charge in [0.15, 0.2) is 0 Å². The fourth-order valence-electron chi connectivity index (χ4n) is 2.56. The van der Waals surface area contributed by atoms with Crippen LogP contribution in [0.3, 0.4) is 0 Å². The zero-order chi connectivity index (χ0) is 16.4. The molecule has 3 rings (SSSR count). The van der Waals surface area contributed by atoms with E-state index >= 15 is 0 Å². The summed E-state index contributed by atoms with van der Waals surface area (Å²) in [6, 6.07) is 15.7. The quantitative estimate of drug-likeness (QED) is 0.789. The van der Waals surface area contributed by atoms with Crippen LogP contribution in [0, 0.1) is 6.92 Å². The molecule has 4 nitrogen and oxygen atoms in total. The van der Waals surface area contributed by atoms with E-state index in [4.69, 9.17) is 22.1 Å². The monoisotopic (exact) mass is 327 g/mol. The molecule has 0 aliphatic rings. The third-order valence-corrected chi connectivity index (χ3v) is 3.96. The van der Waals surface area contributed by atoms with E-state index in [1.54, 1.807) is 7.11 Å². The highest BCUT2D eigenvalue weighted by Crippen LogP contribution is 2.29. The van der Waals surface area contributed by atoms with Crippen LogP contribution >= 0.6 is 11.6 Å². The number of benzene rings is 2. The van der Waals surface area contributed by atoms with Crippen LogP contribution in [0.25, 0.3) is 16.9 Å². The number of hydrogen-bond acceptors (Lipinski definition) is 3. The van der Waals surface area contributed by atoms with Crippen molar-refractivity contribution in [3.8, 4) is 22.7 Å². The van der Waals surface area contributed by atoms with Gasteiger partial charge in [0.1, 0.15) is 5.75 Å². The number of nitrogens with two attached hydrogens (primary N) is 1. The molecule has 0 amide bonds. The Hall–Kier alpha value is -2.30. The molecule has 0 saturated carbocycles. The largest absolute Gasteiger partial charge is 0.497 e. The Kier molecular flexibility index (Phi) is 4.37. The molecule has 5 heteroatoms. The Morgan fingerprint density at radius 1 is 1.17 bits per heavy atom. The molecule has 0 bridgehead atoms. The lowest BCUT2D eigenvalue weighted by Gasteiger charge is -2.11. The highest BCUT2D eigenvalue weighted by atomic mass is 35.5. The van der Waals surface area contributed by atoms with Crippen LogP contribution in [0.15, 0.2) is 48.5 Å². The van der Waals surface area contributed by atoms with Gasteiger partial charge in [-0.25, -0.2) is 4.68 Å². The van der Waals surface area contributed by atoms with E-state index < -0.39 is 0 Å². The van der Waals surface area contributed by atoms with Gasteiger partial charge in [0.25, 0.3) is 0 Å². The van der Waals surface area contributed by atoms with Crippen molar-refractivity contribution in [3.05, 3.63) is 64.8 Å². The van der Waals surface area contributed by atoms with E-state index in [1.165, 1.54) is 0 Å². The minimum atomic E-state index is 0.386. The average molecular weight is 328 g/mol. The van der Waals surface area contributed by atoms with Crippen molar-refractivity contribution in [2.75, 3.05) is 7.11 Å². The van der Waals surface area contributed by atoms with Crippen molar-refractivity contribution >= 4 is 11.6 Å². The molecule has 0 unspecified atom stereocenters. The molecule has 1 aromatic heterocycles. The molecule has 23 heavy (non-hydrogen) atoms. The molecule has 2 aromatic carbocycles. The van der Waals surface area contributed by atoms with Crippen LogP contribution in [-0.2, 0) is 6.54 Å². The van der Waals surface area contributed by atoms with Crippen LogP contribution in [0.2, 0.25) is 5.02 Å². The minimum absolute atomic E-state index is 0.386. The van der Waals surface area contributed by atoms with E-state index in [9.17, 15) is 0 Å². The Morgan fingerprint density at radius 2 is 2.00 bits per heavy atom. The maximum atomic E-state index is 6.07. The van der Waals surface area contributed by atoms with Crippen molar-refractivity contribution in [3.63, 3.8) is 0 Å². The standard InChI is InChI=1S/C18H18ClN3O/c1-12-8-14(19)6-7-17(12)22-18(10-15(11-20)21-22)13-4-3-5-16(9-13)23-2/h3-10H,11,20H2,1-2H3. The first-order valence-electron chi connectivity index (χ1n) is 7.32. The summed E-state index contributed by atoms with van der Waals surface area (Å²) in [7, 11) is 1.66. The molecule has 0 radical (unpaired) electrons. The second-order valence-corrected chi connectivity index (χ2v) is 5.74. The number of hydrogen-bond donors (Lipinski definition) is 1. The number of methoxy groups -OCH3 is 1. The maximum Gasteiger partial charge on any atom is 0.119 e. The van der Waals surface area contributed by atoms with Gasteiger partial charge in [-0.15, -0.1) is 0 Å². The Balaban J connectivity index is 2.19. The predicted octanol–water partition coefficient (Wildman–Crippen LogP) is 3.97. The van der Waals surface area contributed by atoms with Gasteiger partial charge >= 0.3 is 0 Å². The summed E-state index contributed by atoms with van der Waals surface area (Å²) in [6.45, 7) is 2.40. The molecule has 2 N–H and O–H groups in total. The molecular weight excluding hydrogens is 310 g/mol. The topological polar surface area (TPSA) is 53.1 Å². The number of aromatic nitrogens is 2. The summed E-state index contributed by atoms with van der Waals surface area (Å²) in [5, 5.41) is 5.34. The molecule has 0 aliphatic carbocycles. The summed E-state index contributed by atoms with van der Waals surface area (Å²) < 4.78 is 7.23. The van der Waals surface area contributed by atoms with Crippen LogP contribution in [0.1, 0.15) is 11.3 Å². The predicted molar refractivity (Wildman–Crippen MR) is 93.2 cm³/mol. The summed E-state index contributed by atoms with van der Waals surface area (Å²) >= 11 is 6.07. The average Bonchev–Trinajstić information content (AvgIpc) is 2.99. The Labute approximate surface area is 140 Å². The van der Waals surface area contributed by atoms with Gasteiger partial charge in [-0.2, -0.15) is 5.10 Å². The summed E-state index contributed by atoms with van der Waals surface area (Å²) in [4.78, 5) is 0. The summed E-state index contributed by atoms with van der Waals surface area (Å²) in [5.74, 6) is 0.803. The first-order chi connectivity index (χ1) is 11.1.